The molecule has 0 aromatic carbocycles. The molecule has 0 aliphatic heterocycles. The van der Waals surface area contributed by atoms with Gasteiger partial charge in [-0.3, -0.25) is 0 Å². The lowest BCUT2D eigenvalue weighted by Crippen LogP contribution is -2.29. The number of aryl methyl sites for hydroxylation is 1. The predicted molar refractivity (Wildman–Crippen MR) is 154 cm³/mol. The van der Waals surface area contributed by atoms with E-state index in [2.05, 4.69) is 26.0 Å². The van der Waals surface area contributed by atoms with Gasteiger partial charge >= 0.3 is 5.63 Å². The summed E-state index contributed by atoms with van der Waals surface area (Å²) in [6, 6.07) is 3.53. The topological polar surface area (TPSA) is 90.9 Å². The molecule has 1 aromatic rings. The van der Waals surface area contributed by atoms with Crippen molar-refractivity contribution in [1.29, 1.82) is 0 Å². The van der Waals surface area contributed by atoms with Crippen molar-refractivity contribution in [2.45, 2.75) is 106 Å². The molecule has 4 atom stereocenters. The molecule has 0 spiro atoms. The summed E-state index contributed by atoms with van der Waals surface area (Å²) in [6.07, 6.45) is 11.2. The largest absolute Gasteiger partial charge is 0.428 e. The molecule has 0 radical (unpaired) electrons. The highest BCUT2D eigenvalue weighted by Crippen LogP contribution is 2.20. The predicted octanol–water partition coefficient (Wildman–Crippen LogP) is 6.39. The number of hydrogen-bond acceptors (Lipinski definition) is 5. The van der Waals surface area contributed by atoms with Crippen LogP contribution in [-0.4, -0.2) is 33.6 Å². The Kier molecular flexibility index (Phi) is 14.4. The third-order valence-corrected chi connectivity index (χ3v) is 6.90. The van der Waals surface area contributed by atoms with E-state index in [1.54, 1.807) is 12.1 Å². The lowest BCUT2D eigenvalue weighted by molar-refractivity contribution is 0.0415. The maximum absolute atomic E-state index is 11.9. The van der Waals surface area contributed by atoms with E-state index in [1.165, 1.54) is 11.1 Å². The van der Waals surface area contributed by atoms with Crippen LogP contribution in [0, 0.1) is 5.92 Å². The van der Waals surface area contributed by atoms with Crippen LogP contribution in [0.4, 0.5) is 0 Å². The summed E-state index contributed by atoms with van der Waals surface area (Å²) in [5.74, 6) is 0.259. The first-order valence-corrected chi connectivity index (χ1v) is 13.3. The van der Waals surface area contributed by atoms with Gasteiger partial charge in [-0.25, -0.2) is 4.79 Å². The fourth-order valence-corrected chi connectivity index (χ4v) is 4.11. The summed E-state index contributed by atoms with van der Waals surface area (Å²) >= 11 is 0. The molecule has 0 saturated carbocycles. The second-order valence-electron chi connectivity index (χ2n) is 10.3. The molecular formula is C32H48O5. The fourth-order valence-electron chi connectivity index (χ4n) is 4.11. The van der Waals surface area contributed by atoms with E-state index in [9.17, 15) is 20.1 Å². The van der Waals surface area contributed by atoms with Crippen molar-refractivity contribution in [1.82, 2.24) is 0 Å². The second kappa shape index (κ2) is 16.4. The minimum Gasteiger partial charge on any atom is -0.428 e. The van der Waals surface area contributed by atoms with Crippen LogP contribution in [0.5, 0.6) is 0 Å². The molecule has 0 aliphatic rings. The van der Waals surface area contributed by atoms with E-state index in [0.717, 1.165) is 23.1 Å². The lowest BCUT2D eigenvalue weighted by Gasteiger charge is -2.24. The summed E-state index contributed by atoms with van der Waals surface area (Å²) in [7, 11) is 0. The molecule has 206 valence electrons. The minimum atomic E-state index is -0.695. The molecule has 3 N–H and O–H groups in total. The highest BCUT2D eigenvalue weighted by Gasteiger charge is 2.22. The van der Waals surface area contributed by atoms with Gasteiger partial charge in [0.2, 0.25) is 0 Å². The van der Waals surface area contributed by atoms with Gasteiger partial charge in [-0.2, -0.15) is 0 Å². The molecule has 0 fully saturated rings. The number of rotatable bonds is 14. The van der Waals surface area contributed by atoms with Crippen LogP contribution < -0.4 is 5.63 Å². The average molecular weight is 513 g/mol. The van der Waals surface area contributed by atoms with Gasteiger partial charge in [-0.15, -0.1) is 0 Å². The van der Waals surface area contributed by atoms with Gasteiger partial charge in [0.05, 0.1) is 18.3 Å². The summed E-state index contributed by atoms with van der Waals surface area (Å²) in [6.45, 7) is 15.7. The van der Waals surface area contributed by atoms with Crippen molar-refractivity contribution in [3.63, 3.8) is 0 Å². The van der Waals surface area contributed by atoms with Crippen LogP contribution in [0.15, 0.2) is 79.6 Å². The summed E-state index contributed by atoms with van der Waals surface area (Å²) in [5, 5.41) is 31.2. The molecule has 1 heterocycles. The molecule has 5 nitrogen and oxygen atoms in total. The summed E-state index contributed by atoms with van der Waals surface area (Å²) in [5.41, 5.74) is 5.58. The zero-order chi connectivity index (χ0) is 28.1. The van der Waals surface area contributed by atoms with Crippen LogP contribution in [0.25, 0.3) is 0 Å². The van der Waals surface area contributed by atoms with Gasteiger partial charge in [0, 0.05) is 17.9 Å². The van der Waals surface area contributed by atoms with Crippen molar-refractivity contribution < 1.29 is 19.7 Å². The normalized spacial score (nSPS) is 17.5. The van der Waals surface area contributed by atoms with Crippen molar-refractivity contribution in [2.24, 2.45) is 5.92 Å². The number of allylic oxidation sites excluding steroid dienone is 7. The third-order valence-electron chi connectivity index (χ3n) is 6.90. The quantitative estimate of drug-likeness (QED) is 0.199. The minimum absolute atomic E-state index is 0.231. The second-order valence-corrected chi connectivity index (χ2v) is 10.3. The Bertz CT molecular complexity index is 1070. The van der Waals surface area contributed by atoms with Crippen molar-refractivity contribution in [2.75, 3.05) is 0 Å². The molecular weight excluding hydrogens is 464 g/mol. The van der Waals surface area contributed by atoms with Gasteiger partial charge in [0.1, 0.15) is 5.76 Å². The Labute approximate surface area is 223 Å². The molecule has 37 heavy (non-hydrogen) atoms. The lowest BCUT2D eigenvalue weighted by atomic mass is 9.91. The molecule has 1 rings (SSSR count). The Morgan fingerprint density at radius 3 is 2.24 bits per heavy atom. The summed E-state index contributed by atoms with van der Waals surface area (Å²) in [4.78, 5) is 11.9. The molecule has 5 heteroatoms. The molecule has 0 amide bonds. The first kappa shape index (κ1) is 32.6. The van der Waals surface area contributed by atoms with E-state index in [-0.39, 0.29) is 18.0 Å². The highest BCUT2D eigenvalue weighted by molar-refractivity contribution is 5.25. The zero-order valence-corrected chi connectivity index (χ0v) is 24.0. The molecule has 0 bridgehead atoms. The molecule has 4 unspecified atom stereocenters. The van der Waals surface area contributed by atoms with Gasteiger partial charge in [-0.05, 0) is 90.5 Å². The molecule has 1 aromatic heterocycles. The van der Waals surface area contributed by atoms with Crippen LogP contribution in [0.2, 0.25) is 0 Å². The van der Waals surface area contributed by atoms with Crippen LogP contribution >= 0.6 is 0 Å². The Hall–Kier alpha value is -2.47. The molecule has 0 saturated heterocycles. The van der Waals surface area contributed by atoms with Gasteiger partial charge in [-0.1, -0.05) is 60.9 Å². The van der Waals surface area contributed by atoms with E-state index in [4.69, 9.17) is 4.42 Å². The maximum Gasteiger partial charge on any atom is 0.339 e. The van der Waals surface area contributed by atoms with Crippen LogP contribution in [0.3, 0.4) is 0 Å². The zero-order valence-electron chi connectivity index (χ0n) is 24.0. The van der Waals surface area contributed by atoms with E-state index in [1.807, 2.05) is 59.8 Å². The van der Waals surface area contributed by atoms with Crippen LogP contribution in [0.1, 0.15) is 86.0 Å². The summed E-state index contributed by atoms with van der Waals surface area (Å²) < 4.78 is 5.31. The van der Waals surface area contributed by atoms with Crippen molar-refractivity contribution in [3.8, 4) is 0 Å². The number of aliphatic hydroxyl groups is 3. The first-order valence-electron chi connectivity index (χ1n) is 13.3. The Balaban J connectivity index is 2.63. The third kappa shape index (κ3) is 11.6. The first-order chi connectivity index (χ1) is 17.4. The number of aliphatic hydroxyl groups excluding tert-OH is 3. The van der Waals surface area contributed by atoms with Gasteiger partial charge in [0.25, 0.3) is 0 Å². The Morgan fingerprint density at radius 2 is 1.65 bits per heavy atom. The average Bonchev–Trinajstić information content (AvgIpc) is 2.85. The highest BCUT2D eigenvalue weighted by atomic mass is 16.4. The monoisotopic (exact) mass is 512 g/mol. The van der Waals surface area contributed by atoms with Gasteiger partial charge < -0.3 is 19.7 Å². The van der Waals surface area contributed by atoms with Crippen molar-refractivity contribution in [3.05, 3.63) is 92.1 Å². The maximum atomic E-state index is 11.9. The Morgan fingerprint density at radius 1 is 0.973 bits per heavy atom. The standard InChI is InChI=1S/C32H48O5/c1-9-24(6)31(35)26(8)29(33)17-14-22(4)19-23(5)18-21(3)12-11-13-25(7)30(34)20-28-16-15-27(10-2)32(36)37-28/h9,12-16,19,26,29-31,33-35H,10-11,17-18,20H2,1-8H3. The SMILES string of the molecule is CC=C(C)C(O)C(C)C(O)CC=C(C)C=C(C)CC(C)=CCC=C(C)C(O)Cc1ccc(CC)c(=O)o1. The van der Waals surface area contributed by atoms with Gasteiger partial charge in [0.15, 0.2) is 0 Å². The van der Waals surface area contributed by atoms with Crippen molar-refractivity contribution >= 4 is 0 Å². The number of hydrogen-bond donors (Lipinski definition) is 3. The smallest absolute Gasteiger partial charge is 0.339 e. The fraction of sp³-hybridized carbons (Fsp3) is 0.531. The van der Waals surface area contributed by atoms with E-state index in [0.29, 0.717) is 30.6 Å². The molecule has 0 aliphatic carbocycles. The van der Waals surface area contributed by atoms with Crippen LogP contribution in [-0.2, 0) is 12.8 Å². The van der Waals surface area contributed by atoms with E-state index >= 15 is 0 Å². The van der Waals surface area contributed by atoms with E-state index < -0.39 is 18.3 Å².